The number of pyridine rings is 1. The Kier molecular flexibility index (Phi) is 4.71. The van der Waals surface area contributed by atoms with Gasteiger partial charge in [0, 0.05) is 18.9 Å². The molecule has 20 heavy (non-hydrogen) atoms. The molecule has 0 spiro atoms. The quantitative estimate of drug-likeness (QED) is 0.925. The molecular formula is C16H18N2O2. The molecule has 0 fully saturated rings. The third kappa shape index (κ3) is 4.09. The smallest absolute Gasteiger partial charge is 0.410 e. The SMILES string of the molecule is CC(C)c1cncc(CNC(=O)Oc2ccccc2)c1. The van der Waals surface area contributed by atoms with Crippen molar-refractivity contribution in [3.05, 3.63) is 59.9 Å². The Morgan fingerprint density at radius 1 is 1.25 bits per heavy atom. The van der Waals surface area contributed by atoms with Crippen LogP contribution in [-0.4, -0.2) is 11.1 Å². The lowest BCUT2D eigenvalue weighted by molar-refractivity contribution is 0.200. The number of nitrogens with zero attached hydrogens (tertiary/aromatic N) is 1. The molecule has 0 aliphatic carbocycles. The van der Waals surface area contributed by atoms with Crippen molar-refractivity contribution in [1.29, 1.82) is 0 Å². The number of aromatic nitrogens is 1. The molecule has 104 valence electrons. The van der Waals surface area contributed by atoms with Crippen LogP contribution in [0.2, 0.25) is 0 Å². The molecule has 0 aliphatic rings. The van der Waals surface area contributed by atoms with E-state index in [0.29, 0.717) is 18.2 Å². The van der Waals surface area contributed by atoms with Gasteiger partial charge in [0.2, 0.25) is 0 Å². The molecule has 4 heteroatoms. The summed E-state index contributed by atoms with van der Waals surface area (Å²) in [4.78, 5) is 15.8. The summed E-state index contributed by atoms with van der Waals surface area (Å²) < 4.78 is 5.14. The number of amides is 1. The monoisotopic (exact) mass is 270 g/mol. The van der Waals surface area contributed by atoms with E-state index in [1.165, 1.54) is 0 Å². The first-order chi connectivity index (χ1) is 9.65. The Bertz CT molecular complexity index is 568. The number of para-hydroxylation sites is 1. The fourth-order valence-electron chi connectivity index (χ4n) is 1.73. The molecule has 1 aromatic carbocycles. The second-order valence-electron chi connectivity index (χ2n) is 4.84. The molecule has 1 heterocycles. The van der Waals surface area contributed by atoms with Gasteiger partial charge < -0.3 is 10.1 Å². The standard InChI is InChI=1S/C16H18N2O2/c1-12(2)14-8-13(9-17-11-14)10-18-16(19)20-15-6-4-3-5-7-15/h3-9,11-12H,10H2,1-2H3,(H,18,19). The highest BCUT2D eigenvalue weighted by Crippen LogP contribution is 2.14. The zero-order valence-corrected chi connectivity index (χ0v) is 11.7. The lowest BCUT2D eigenvalue weighted by atomic mass is 10.0. The second-order valence-corrected chi connectivity index (χ2v) is 4.84. The molecule has 0 unspecified atom stereocenters. The zero-order valence-electron chi connectivity index (χ0n) is 11.7. The van der Waals surface area contributed by atoms with E-state index < -0.39 is 6.09 Å². The van der Waals surface area contributed by atoms with E-state index in [4.69, 9.17) is 4.74 Å². The molecule has 2 aromatic rings. The predicted molar refractivity (Wildman–Crippen MR) is 77.6 cm³/mol. The molecular weight excluding hydrogens is 252 g/mol. The second kappa shape index (κ2) is 6.70. The topological polar surface area (TPSA) is 51.2 Å². The van der Waals surface area contributed by atoms with Crippen molar-refractivity contribution in [1.82, 2.24) is 10.3 Å². The van der Waals surface area contributed by atoms with Crippen molar-refractivity contribution in [2.75, 3.05) is 0 Å². The first kappa shape index (κ1) is 14.1. The normalized spacial score (nSPS) is 10.3. The van der Waals surface area contributed by atoms with Crippen molar-refractivity contribution in [3.8, 4) is 5.75 Å². The van der Waals surface area contributed by atoms with E-state index >= 15 is 0 Å². The number of carbonyl (C=O) groups is 1. The largest absolute Gasteiger partial charge is 0.412 e. The van der Waals surface area contributed by atoms with Crippen molar-refractivity contribution < 1.29 is 9.53 Å². The van der Waals surface area contributed by atoms with Gasteiger partial charge in [-0.15, -0.1) is 0 Å². The fraction of sp³-hybridized carbons (Fsp3) is 0.250. The van der Waals surface area contributed by atoms with Crippen LogP contribution >= 0.6 is 0 Å². The maximum Gasteiger partial charge on any atom is 0.412 e. The average molecular weight is 270 g/mol. The molecule has 1 aromatic heterocycles. The van der Waals surface area contributed by atoms with Crippen molar-refractivity contribution >= 4 is 6.09 Å². The van der Waals surface area contributed by atoms with Crippen LogP contribution in [0, 0.1) is 0 Å². The van der Waals surface area contributed by atoms with Crippen LogP contribution < -0.4 is 10.1 Å². The number of rotatable bonds is 4. The lowest BCUT2D eigenvalue weighted by Crippen LogP contribution is -2.26. The summed E-state index contributed by atoms with van der Waals surface area (Å²) in [6, 6.07) is 11.0. The first-order valence-electron chi connectivity index (χ1n) is 6.59. The fourth-order valence-corrected chi connectivity index (χ4v) is 1.73. The molecule has 1 N–H and O–H groups in total. The van der Waals surface area contributed by atoms with Gasteiger partial charge in [-0.1, -0.05) is 38.1 Å². The maximum atomic E-state index is 11.7. The van der Waals surface area contributed by atoms with Gasteiger partial charge in [-0.3, -0.25) is 4.98 Å². The van der Waals surface area contributed by atoms with Gasteiger partial charge in [0.15, 0.2) is 0 Å². The Morgan fingerprint density at radius 3 is 2.70 bits per heavy atom. The number of carbonyl (C=O) groups excluding carboxylic acids is 1. The molecule has 0 atom stereocenters. The van der Waals surface area contributed by atoms with E-state index in [2.05, 4.69) is 24.1 Å². The molecule has 2 rings (SSSR count). The van der Waals surface area contributed by atoms with Gasteiger partial charge in [-0.25, -0.2) is 4.79 Å². The van der Waals surface area contributed by atoms with E-state index in [0.717, 1.165) is 11.1 Å². The van der Waals surface area contributed by atoms with Crippen LogP contribution in [-0.2, 0) is 6.54 Å². The molecule has 0 saturated heterocycles. The Hall–Kier alpha value is -2.36. The maximum absolute atomic E-state index is 11.7. The van der Waals surface area contributed by atoms with E-state index in [1.54, 1.807) is 18.3 Å². The lowest BCUT2D eigenvalue weighted by Gasteiger charge is -2.09. The molecule has 0 saturated carbocycles. The number of nitrogens with one attached hydrogen (secondary N) is 1. The highest BCUT2D eigenvalue weighted by molar-refractivity contribution is 5.70. The molecule has 4 nitrogen and oxygen atoms in total. The van der Waals surface area contributed by atoms with Crippen molar-refractivity contribution in [2.24, 2.45) is 0 Å². The molecule has 0 bridgehead atoms. The number of hydrogen-bond acceptors (Lipinski definition) is 3. The van der Waals surface area contributed by atoms with Crippen LogP contribution in [0.1, 0.15) is 30.9 Å². The Morgan fingerprint density at radius 2 is 2.00 bits per heavy atom. The van der Waals surface area contributed by atoms with Crippen LogP contribution in [0.4, 0.5) is 4.79 Å². The van der Waals surface area contributed by atoms with Gasteiger partial charge in [0.05, 0.1) is 0 Å². The van der Waals surface area contributed by atoms with Gasteiger partial charge in [0.25, 0.3) is 0 Å². The minimum absolute atomic E-state index is 0.402. The minimum Gasteiger partial charge on any atom is -0.410 e. The van der Waals surface area contributed by atoms with Gasteiger partial charge in [-0.05, 0) is 29.2 Å². The summed E-state index contributed by atoms with van der Waals surface area (Å²) >= 11 is 0. The minimum atomic E-state index is -0.467. The van der Waals surface area contributed by atoms with Crippen LogP contribution in [0.25, 0.3) is 0 Å². The number of ether oxygens (including phenoxy) is 1. The highest BCUT2D eigenvalue weighted by atomic mass is 16.5. The third-order valence-electron chi connectivity index (χ3n) is 2.87. The van der Waals surface area contributed by atoms with E-state index in [1.807, 2.05) is 30.5 Å². The molecule has 0 radical (unpaired) electrons. The Labute approximate surface area is 118 Å². The average Bonchev–Trinajstić information content (AvgIpc) is 2.46. The van der Waals surface area contributed by atoms with Crippen LogP contribution in [0.3, 0.4) is 0 Å². The van der Waals surface area contributed by atoms with Crippen molar-refractivity contribution in [2.45, 2.75) is 26.3 Å². The molecule has 1 amide bonds. The first-order valence-corrected chi connectivity index (χ1v) is 6.59. The summed E-state index contributed by atoms with van der Waals surface area (Å²) in [5, 5.41) is 2.71. The van der Waals surface area contributed by atoms with Gasteiger partial charge in [-0.2, -0.15) is 0 Å². The summed E-state index contributed by atoms with van der Waals surface area (Å²) in [6.07, 6.45) is 3.12. The highest BCUT2D eigenvalue weighted by Gasteiger charge is 2.05. The predicted octanol–water partition coefficient (Wildman–Crippen LogP) is 3.49. The summed E-state index contributed by atoms with van der Waals surface area (Å²) in [5.74, 6) is 0.942. The Balaban J connectivity index is 1.89. The van der Waals surface area contributed by atoms with Crippen molar-refractivity contribution in [3.63, 3.8) is 0 Å². The third-order valence-corrected chi connectivity index (χ3v) is 2.87. The summed E-state index contributed by atoms with van der Waals surface area (Å²) in [5.41, 5.74) is 2.11. The number of benzene rings is 1. The van der Waals surface area contributed by atoms with E-state index in [9.17, 15) is 4.79 Å². The zero-order chi connectivity index (χ0) is 14.4. The van der Waals surface area contributed by atoms with Crippen LogP contribution in [0.5, 0.6) is 5.75 Å². The van der Waals surface area contributed by atoms with Gasteiger partial charge in [0.1, 0.15) is 5.75 Å². The molecule has 0 aliphatic heterocycles. The summed E-state index contributed by atoms with van der Waals surface area (Å²) in [7, 11) is 0. The van der Waals surface area contributed by atoms with Gasteiger partial charge >= 0.3 is 6.09 Å². The number of hydrogen-bond donors (Lipinski definition) is 1. The summed E-state index contributed by atoms with van der Waals surface area (Å²) in [6.45, 7) is 4.62. The van der Waals surface area contributed by atoms with Crippen LogP contribution in [0.15, 0.2) is 48.8 Å². The van der Waals surface area contributed by atoms with E-state index in [-0.39, 0.29) is 0 Å².